The summed E-state index contributed by atoms with van der Waals surface area (Å²) in [6.45, 7) is 4.04. The summed E-state index contributed by atoms with van der Waals surface area (Å²) in [5, 5.41) is 9.70. The van der Waals surface area contributed by atoms with E-state index in [-0.39, 0.29) is 6.10 Å². The summed E-state index contributed by atoms with van der Waals surface area (Å²) < 4.78 is 0. The fourth-order valence-electron chi connectivity index (χ4n) is 2.25. The van der Waals surface area contributed by atoms with Gasteiger partial charge in [0.05, 0.1) is 6.10 Å². The first kappa shape index (κ1) is 23.8. The lowest BCUT2D eigenvalue weighted by molar-refractivity contribution is 0.174. The topological polar surface area (TPSA) is 20.2 Å². The van der Waals surface area contributed by atoms with Crippen molar-refractivity contribution in [3.05, 3.63) is 60.8 Å². The van der Waals surface area contributed by atoms with E-state index in [0.717, 1.165) is 56.2 Å². The van der Waals surface area contributed by atoms with Crippen molar-refractivity contribution in [1.82, 2.24) is 0 Å². The number of rotatable bonds is 15. The highest BCUT2D eigenvalue weighted by Crippen LogP contribution is 2.05. The van der Waals surface area contributed by atoms with Crippen LogP contribution in [0, 0.1) is 0 Å². The Kier molecular flexibility index (Phi) is 18.1. The van der Waals surface area contributed by atoms with Gasteiger partial charge in [-0.25, -0.2) is 0 Å². The van der Waals surface area contributed by atoms with Crippen molar-refractivity contribution < 1.29 is 5.11 Å². The lowest BCUT2D eigenvalue weighted by atomic mass is 10.1. The molecule has 0 bridgehead atoms. The van der Waals surface area contributed by atoms with Gasteiger partial charge in [-0.3, -0.25) is 0 Å². The average molecular weight is 361 g/mol. The predicted molar refractivity (Wildman–Crippen MR) is 117 cm³/mol. The number of thiocarbonyl (C=S) groups is 1. The van der Waals surface area contributed by atoms with Crippen LogP contribution in [0.3, 0.4) is 0 Å². The first-order valence-electron chi connectivity index (χ1n) is 9.59. The zero-order valence-corrected chi connectivity index (χ0v) is 16.9. The molecule has 0 spiro atoms. The van der Waals surface area contributed by atoms with Crippen molar-refractivity contribution in [1.29, 1.82) is 0 Å². The predicted octanol–water partition coefficient (Wildman–Crippen LogP) is 7.05. The van der Waals surface area contributed by atoms with Gasteiger partial charge in [-0.05, 0) is 63.2 Å². The molecular formula is C23H36OS. The lowest BCUT2D eigenvalue weighted by Gasteiger charge is -2.06. The van der Waals surface area contributed by atoms with E-state index in [1.54, 1.807) is 0 Å². The second kappa shape index (κ2) is 19.1. The largest absolute Gasteiger partial charge is 0.393 e. The maximum Gasteiger partial charge on any atom is 0.0588 e. The summed E-state index contributed by atoms with van der Waals surface area (Å²) in [6, 6.07) is 0. The fraction of sp³-hybridized carbons (Fsp3) is 0.522. The van der Waals surface area contributed by atoms with Crippen LogP contribution in [-0.4, -0.2) is 16.1 Å². The van der Waals surface area contributed by atoms with Gasteiger partial charge in [-0.1, -0.05) is 79.9 Å². The Morgan fingerprint density at radius 1 is 0.760 bits per heavy atom. The maximum absolute atomic E-state index is 9.70. The third-order valence-corrected chi connectivity index (χ3v) is 3.74. The molecule has 0 aliphatic carbocycles. The summed E-state index contributed by atoms with van der Waals surface area (Å²) in [4.78, 5) is 0.885. The van der Waals surface area contributed by atoms with E-state index in [1.807, 2.05) is 6.92 Å². The Morgan fingerprint density at radius 3 is 1.72 bits per heavy atom. The molecule has 140 valence electrons. The van der Waals surface area contributed by atoms with Gasteiger partial charge in [-0.2, -0.15) is 0 Å². The Balaban J connectivity index is 3.51. The molecule has 25 heavy (non-hydrogen) atoms. The van der Waals surface area contributed by atoms with Crippen molar-refractivity contribution in [3.63, 3.8) is 0 Å². The lowest BCUT2D eigenvalue weighted by Crippen LogP contribution is -2.09. The Bertz CT molecular complexity index is 455. The number of hydrogen-bond donors (Lipinski definition) is 1. The summed E-state index contributed by atoms with van der Waals surface area (Å²) in [7, 11) is 0. The SMILES string of the molecule is CCC=CCC=CCC=CCC=CCCC=CCCC(O)CC(C)=S. The molecule has 0 aromatic carbocycles. The van der Waals surface area contributed by atoms with Crippen LogP contribution in [0.2, 0.25) is 0 Å². The summed E-state index contributed by atoms with van der Waals surface area (Å²) in [5.74, 6) is 0. The highest BCUT2D eigenvalue weighted by atomic mass is 32.1. The van der Waals surface area contributed by atoms with Crippen LogP contribution in [0.4, 0.5) is 0 Å². The molecule has 0 aliphatic heterocycles. The molecular weight excluding hydrogens is 324 g/mol. The monoisotopic (exact) mass is 360 g/mol. The van der Waals surface area contributed by atoms with Crippen LogP contribution in [0.1, 0.15) is 71.6 Å². The van der Waals surface area contributed by atoms with Crippen molar-refractivity contribution in [3.8, 4) is 0 Å². The molecule has 0 aromatic rings. The third kappa shape index (κ3) is 20.7. The van der Waals surface area contributed by atoms with E-state index < -0.39 is 0 Å². The molecule has 1 unspecified atom stereocenters. The standard InChI is InChI=1S/C23H36OS/c1-3-4-5-6-7-8-9-10-11-12-13-14-15-16-17-18-19-20-23(24)21-22(2)25/h4-5,7-8,10-11,13-14,17-18,23-24H,3,6,9,12,15-16,19-21H2,1-2H3. The summed E-state index contributed by atoms with van der Waals surface area (Å²) in [5.41, 5.74) is 0. The third-order valence-electron chi connectivity index (χ3n) is 3.58. The molecule has 0 aliphatic rings. The molecule has 1 nitrogen and oxygen atoms in total. The average Bonchev–Trinajstić information content (AvgIpc) is 2.57. The minimum Gasteiger partial charge on any atom is -0.393 e. The van der Waals surface area contributed by atoms with Crippen LogP contribution in [0.5, 0.6) is 0 Å². The van der Waals surface area contributed by atoms with Gasteiger partial charge in [0.15, 0.2) is 0 Å². The normalized spacial score (nSPS) is 14.0. The molecule has 0 fully saturated rings. The van der Waals surface area contributed by atoms with Crippen molar-refractivity contribution in [2.45, 2.75) is 77.7 Å². The second-order valence-corrected chi connectivity index (χ2v) is 6.88. The van der Waals surface area contributed by atoms with Gasteiger partial charge in [0.1, 0.15) is 0 Å². The van der Waals surface area contributed by atoms with Gasteiger partial charge >= 0.3 is 0 Å². The summed E-state index contributed by atoms with van der Waals surface area (Å²) in [6.07, 6.45) is 30.5. The Labute approximate surface area is 160 Å². The second-order valence-electron chi connectivity index (χ2n) is 6.19. The number of unbranched alkanes of at least 4 members (excludes halogenated alkanes) is 1. The molecule has 0 saturated heterocycles. The van der Waals surface area contributed by atoms with Crippen LogP contribution in [0.25, 0.3) is 0 Å². The van der Waals surface area contributed by atoms with E-state index >= 15 is 0 Å². The molecule has 0 radical (unpaired) electrons. The number of aliphatic hydroxyl groups is 1. The van der Waals surface area contributed by atoms with Gasteiger partial charge in [0.25, 0.3) is 0 Å². The molecule has 1 atom stereocenters. The van der Waals surface area contributed by atoms with Crippen LogP contribution in [-0.2, 0) is 0 Å². The van der Waals surface area contributed by atoms with Gasteiger partial charge in [0, 0.05) is 6.42 Å². The van der Waals surface area contributed by atoms with Crippen LogP contribution < -0.4 is 0 Å². The molecule has 0 rings (SSSR count). The Hall–Kier alpha value is -1.25. The van der Waals surface area contributed by atoms with Gasteiger partial charge in [0.2, 0.25) is 0 Å². The van der Waals surface area contributed by atoms with Crippen molar-refractivity contribution in [2.75, 3.05) is 0 Å². The van der Waals surface area contributed by atoms with Crippen molar-refractivity contribution in [2.24, 2.45) is 0 Å². The highest BCUT2D eigenvalue weighted by molar-refractivity contribution is 7.80. The number of aliphatic hydroxyl groups excluding tert-OH is 1. The van der Waals surface area contributed by atoms with E-state index in [2.05, 4.69) is 67.7 Å². The number of allylic oxidation sites excluding steroid dienone is 10. The fourth-order valence-corrected chi connectivity index (χ4v) is 2.44. The number of hydrogen-bond acceptors (Lipinski definition) is 2. The molecule has 1 N–H and O–H groups in total. The van der Waals surface area contributed by atoms with Gasteiger partial charge in [-0.15, -0.1) is 0 Å². The first-order chi connectivity index (χ1) is 12.2. The molecule has 0 heterocycles. The minimum atomic E-state index is -0.281. The van der Waals surface area contributed by atoms with E-state index in [1.165, 1.54) is 0 Å². The molecule has 0 aromatic heterocycles. The molecule has 2 heteroatoms. The smallest absolute Gasteiger partial charge is 0.0588 e. The minimum absolute atomic E-state index is 0.281. The molecule has 0 saturated carbocycles. The van der Waals surface area contributed by atoms with Crippen LogP contribution in [0.15, 0.2) is 60.8 Å². The maximum atomic E-state index is 9.70. The zero-order chi connectivity index (χ0) is 18.6. The highest BCUT2D eigenvalue weighted by Gasteiger charge is 2.02. The van der Waals surface area contributed by atoms with Gasteiger partial charge < -0.3 is 5.11 Å². The summed E-state index contributed by atoms with van der Waals surface area (Å²) >= 11 is 5.00. The Morgan fingerprint density at radius 2 is 1.20 bits per heavy atom. The van der Waals surface area contributed by atoms with Crippen LogP contribution >= 0.6 is 12.2 Å². The van der Waals surface area contributed by atoms with E-state index in [4.69, 9.17) is 12.2 Å². The van der Waals surface area contributed by atoms with Crippen molar-refractivity contribution >= 4 is 17.1 Å². The first-order valence-corrected chi connectivity index (χ1v) is 10.00. The van der Waals surface area contributed by atoms with E-state index in [0.29, 0.717) is 6.42 Å². The molecule has 0 amide bonds. The zero-order valence-electron chi connectivity index (χ0n) is 16.1. The quantitative estimate of drug-likeness (QED) is 0.192. The van der Waals surface area contributed by atoms with E-state index in [9.17, 15) is 5.11 Å².